The Hall–Kier alpha value is -1.24. The van der Waals surface area contributed by atoms with Crippen LogP contribution in [0.2, 0.25) is 0 Å². The molecule has 1 aromatic carbocycles. The van der Waals surface area contributed by atoms with E-state index in [4.69, 9.17) is 0 Å². The minimum atomic E-state index is 1.10. The van der Waals surface area contributed by atoms with Crippen LogP contribution in [0.1, 0.15) is 11.1 Å². The van der Waals surface area contributed by atoms with Gasteiger partial charge in [-0.15, -0.1) is 0 Å². The van der Waals surface area contributed by atoms with Gasteiger partial charge in [-0.3, -0.25) is 0 Å². The lowest BCUT2D eigenvalue weighted by atomic mass is 10.1. The SMILES string of the molecule is CNc1ccc2c(c1)C=CC2. The van der Waals surface area contributed by atoms with Crippen molar-refractivity contribution in [3.05, 3.63) is 35.4 Å². The summed E-state index contributed by atoms with van der Waals surface area (Å²) in [5.74, 6) is 0. The van der Waals surface area contributed by atoms with E-state index in [-0.39, 0.29) is 0 Å². The molecule has 0 radical (unpaired) electrons. The van der Waals surface area contributed by atoms with Crippen LogP contribution in [-0.2, 0) is 6.42 Å². The highest BCUT2D eigenvalue weighted by Gasteiger charge is 2.03. The number of hydrogen-bond donors (Lipinski definition) is 1. The summed E-state index contributed by atoms with van der Waals surface area (Å²) in [6, 6.07) is 6.48. The van der Waals surface area contributed by atoms with Crippen molar-refractivity contribution >= 4 is 11.8 Å². The van der Waals surface area contributed by atoms with E-state index < -0.39 is 0 Å². The first-order chi connectivity index (χ1) is 5.40. The molecule has 0 spiro atoms. The van der Waals surface area contributed by atoms with Gasteiger partial charge in [-0.2, -0.15) is 0 Å². The molecule has 0 unspecified atom stereocenters. The molecule has 1 heteroatoms. The Balaban J connectivity index is 2.47. The molecular formula is C10H11N. The Bertz CT molecular complexity index is 300. The van der Waals surface area contributed by atoms with Crippen LogP contribution in [0.4, 0.5) is 5.69 Å². The molecule has 0 saturated carbocycles. The molecule has 56 valence electrons. The standard InChI is InChI=1S/C10H11N/c1-11-10-6-5-8-3-2-4-9(8)7-10/h2,4-7,11H,3H2,1H3. The molecular weight excluding hydrogens is 134 g/mol. The predicted molar refractivity (Wildman–Crippen MR) is 48.7 cm³/mol. The molecule has 0 aromatic heterocycles. The average Bonchev–Trinajstić information content (AvgIpc) is 2.50. The van der Waals surface area contributed by atoms with E-state index in [1.165, 1.54) is 16.8 Å². The van der Waals surface area contributed by atoms with Crippen molar-refractivity contribution in [2.75, 3.05) is 12.4 Å². The fourth-order valence-electron chi connectivity index (χ4n) is 1.40. The van der Waals surface area contributed by atoms with Crippen LogP contribution in [-0.4, -0.2) is 7.05 Å². The molecule has 1 aliphatic rings. The lowest BCUT2D eigenvalue weighted by molar-refractivity contribution is 1.31. The number of hydrogen-bond acceptors (Lipinski definition) is 1. The lowest BCUT2D eigenvalue weighted by Crippen LogP contribution is -1.89. The summed E-state index contributed by atoms with van der Waals surface area (Å²) in [7, 11) is 1.94. The van der Waals surface area contributed by atoms with Gasteiger partial charge in [0, 0.05) is 12.7 Å². The van der Waals surface area contributed by atoms with Gasteiger partial charge in [-0.25, -0.2) is 0 Å². The van der Waals surface area contributed by atoms with E-state index in [9.17, 15) is 0 Å². The molecule has 0 atom stereocenters. The van der Waals surface area contributed by atoms with Crippen molar-refractivity contribution in [1.82, 2.24) is 0 Å². The first-order valence-electron chi connectivity index (χ1n) is 3.87. The van der Waals surface area contributed by atoms with Gasteiger partial charge < -0.3 is 5.32 Å². The maximum atomic E-state index is 3.12. The number of benzene rings is 1. The molecule has 0 aliphatic heterocycles. The summed E-state index contributed by atoms with van der Waals surface area (Å²) in [6.07, 6.45) is 5.47. The second-order valence-electron chi connectivity index (χ2n) is 2.77. The third kappa shape index (κ3) is 1.03. The normalized spacial score (nSPS) is 13.2. The van der Waals surface area contributed by atoms with Gasteiger partial charge >= 0.3 is 0 Å². The molecule has 0 heterocycles. The molecule has 1 aromatic rings. The quantitative estimate of drug-likeness (QED) is 0.639. The monoisotopic (exact) mass is 145 g/mol. The zero-order valence-corrected chi connectivity index (χ0v) is 6.59. The number of anilines is 1. The number of nitrogens with one attached hydrogen (secondary N) is 1. The predicted octanol–water partition coefficient (Wildman–Crippen LogP) is 2.30. The average molecular weight is 145 g/mol. The Kier molecular flexibility index (Phi) is 1.42. The summed E-state index contributed by atoms with van der Waals surface area (Å²) >= 11 is 0. The van der Waals surface area contributed by atoms with Gasteiger partial charge in [0.15, 0.2) is 0 Å². The zero-order valence-electron chi connectivity index (χ0n) is 6.59. The van der Waals surface area contributed by atoms with Crippen molar-refractivity contribution in [1.29, 1.82) is 0 Å². The summed E-state index contributed by atoms with van der Waals surface area (Å²) in [6.45, 7) is 0. The van der Waals surface area contributed by atoms with Crippen LogP contribution < -0.4 is 5.32 Å². The lowest BCUT2D eigenvalue weighted by Gasteiger charge is -2.02. The molecule has 1 N–H and O–H groups in total. The van der Waals surface area contributed by atoms with E-state index in [0.29, 0.717) is 0 Å². The first-order valence-corrected chi connectivity index (χ1v) is 3.87. The molecule has 0 bridgehead atoms. The fourth-order valence-corrected chi connectivity index (χ4v) is 1.40. The van der Waals surface area contributed by atoms with Crippen molar-refractivity contribution in [3.63, 3.8) is 0 Å². The molecule has 11 heavy (non-hydrogen) atoms. The molecule has 0 fully saturated rings. The van der Waals surface area contributed by atoms with E-state index >= 15 is 0 Å². The molecule has 1 aliphatic carbocycles. The molecule has 0 saturated heterocycles. The third-order valence-electron chi connectivity index (χ3n) is 2.07. The summed E-state index contributed by atoms with van der Waals surface area (Å²) in [4.78, 5) is 0. The highest BCUT2D eigenvalue weighted by Crippen LogP contribution is 2.22. The van der Waals surface area contributed by atoms with Crippen molar-refractivity contribution in [3.8, 4) is 0 Å². The Morgan fingerprint density at radius 1 is 1.36 bits per heavy atom. The zero-order chi connectivity index (χ0) is 7.68. The van der Waals surface area contributed by atoms with Gasteiger partial charge in [0.2, 0.25) is 0 Å². The fraction of sp³-hybridized carbons (Fsp3) is 0.200. The maximum absolute atomic E-state index is 3.12. The summed E-state index contributed by atoms with van der Waals surface area (Å²) in [5.41, 5.74) is 3.98. The number of fused-ring (bicyclic) bond motifs is 1. The Morgan fingerprint density at radius 3 is 3.09 bits per heavy atom. The third-order valence-corrected chi connectivity index (χ3v) is 2.07. The van der Waals surface area contributed by atoms with E-state index in [1.807, 2.05) is 7.05 Å². The van der Waals surface area contributed by atoms with Gasteiger partial charge in [-0.05, 0) is 29.7 Å². The van der Waals surface area contributed by atoms with E-state index in [2.05, 4.69) is 35.7 Å². The van der Waals surface area contributed by atoms with Crippen LogP contribution in [0.25, 0.3) is 6.08 Å². The summed E-state index contributed by atoms with van der Waals surface area (Å²) in [5, 5.41) is 3.12. The first kappa shape index (κ1) is 6.47. The van der Waals surface area contributed by atoms with E-state index in [1.54, 1.807) is 0 Å². The molecule has 1 nitrogen and oxygen atoms in total. The number of allylic oxidation sites excluding steroid dienone is 1. The highest BCUT2D eigenvalue weighted by molar-refractivity contribution is 5.64. The van der Waals surface area contributed by atoms with Crippen molar-refractivity contribution in [2.45, 2.75) is 6.42 Å². The van der Waals surface area contributed by atoms with E-state index in [0.717, 1.165) is 6.42 Å². The minimum absolute atomic E-state index is 1.10. The van der Waals surface area contributed by atoms with Crippen LogP contribution >= 0.6 is 0 Å². The van der Waals surface area contributed by atoms with Crippen LogP contribution in [0.3, 0.4) is 0 Å². The largest absolute Gasteiger partial charge is 0.388 e. The second-order valence-corrected chi connectivity index (χ2v) is 2.77. The van der Waals surface area contributed by atoms with Crippen molar-refractivity contribution in [2.24, 2.45) is 0 Å². The molecule has 0 amide bonds. The van der Waals surface area contributed by atoms with Crippen molar-refractivity contribution < 1.29 is 0 Å². The van der Waals surface area contributed by atoms with Crippen LogP contribution in [0, 0.1) is 0 Å². The Labute approximate surface area is 66.7 Å². The van der Waals surface area contributed by atoms with Crippen LogP contribution in [0.15, 0.2) is 24.3 Å². The van der Waals surface area contributed by atoms with Crippen LogP contribution in [0.5, 0.6) is 0 Å². The van der Waals surface area contributed by atoms with Gasteiger partial charge in [0.1, 0.15) is 0 Å². The topological polar surface area (TPSA) is 12.0 Å². The highest BCUT2D eigenvalue weighted by atomic mass is 14.8. The second kappa shape index (κ2) is 2.42. The van der Waals surface area contributed by atoms with Gasteiger partial charge in [0.05, 0.1) is 0 Å². The number of rotatable bonds is 1. The maximum Gasteiger partial charge on any atom is 0.0343 e. The van der Waals surface area contributed by atoms with Gasteiger partial charge in [-0.1, -0.05) is 18.2 Å². The Morgan fingerprint density at radius 2 is 2.27 bits per heavy atom. The summed E-state index contributed by atoms with van der Waals surface area (Å²) < 4.78 is 0. The van der Waals surface area contributed by atoms with Gasteiger partial charge in [0.25, 0.3) is 0 Å². The minimum Gasteiger partial charge on any atom is -0.388 e. The smallest absolute Gasteiger partial charge is 0.0343 e. The molecule has 2 rings (SSSR count).